The van der Waals surface area contributed by atoms with Gasteiger partial charge in [-0.2, -0.15) is 0 Å². The molecule has 0 aromatic heterocycles. The van der Waals surface area contributed by atoms with Gasteiger partial charge in [0.15, 0.2) is 11.5 Å². The van der Waals surface area contributed by atoms with Crippen LogP contribution in [0, 0.1) is 0 Å². The van der Waals surface area contributed by atoms with Gasteiger partial charge in [-0.15, -0.1) is 0 Å². The number of benzene rings is 2. The molecular formula is C20H25NO3. The maximum absolute atomic E-state index is 6.10. The second-order valence-electron chi connectivity index (χ2n) is 6.48. The molecule has 1 heterocycles. The van der Waals surface area contributed by atoms with Gasteiger partial charge in [0.05, 0.1) is 7.11 Å². The fourth-order valence-electron chi connectivity index (χ4n) is 3.10. The first kappa shape index (κ1) is 16.7. The van der Waals surface area contributed by atoms with E-state index in [4.69, 9.17) is 19.9 Å². The highest BCUT2D eigenvalue weighted by Crippen LogP contribution is 2.36. The fraction of sp³-hybridized carbons (Fsp3) is 0.400. The molecule has 1 aliphatic heterocycles. The molecule has 2 aromatic rings. The molecule has 0 spiro atoms. The smallest absolute Gasteiger partial charge is 0.231 e. The first-order valence-corrected chi connectivity index (χ1v) is 8.38. The van der Waals surface area contributed by atoms with Crippen LogP contribution < -0.4 is 19.9 Å². The Kier molecular flexibility index (Phi) is 4.95. The van der Waals surface area contributed by atoms with Gasteiger partial charge in [0.25, 0.3) is 0 Å². The third-order valence-corrected chi connectivity index (χ3v) is 4.56. The van der Waals surface area contributed by atoms with Gasteiger partial charge in [0.2, 0.25) is 6.79 Å². The Morgan fingerprint density at radius 3 is 2.58 bits per heavy atom. The molecule has 0 radical (unpaired) electrons. The molecule has 2 N–H and O–H groups in total. The summed E-state index contributed by atoms with van der Waals surface area (Å²) in [6.45, 7) is 5.25. The Morgan fingerprint density at radius 2 is 1.88 bits per heavy atom. The highest BCUT2D eigenvalue weighted by molar-refractivity contribution is 5.46. The number of methoxy groups -OCH3 is 1. The molecule has 24 heavy (non-hydrogen) atoms. The Bertz CT molecular complexity index is 712. The van der Waals surface area contributed by atoms with Gasteiger partial charge in [0, 0.05) is 5.92 Å². The van der Waals surface area contributed by atoms with Crippen molar-refractivity contribution in [3.05, 3.63) is 53.1 Å². The van der Waals surface area contributed by atoms with Gasteiger partial charge in [-0.05, 0) is 53.8 Å². The predicted octanol–water partition coefficient (Wildman–Crippen LogP) is 3.83. The van der Waals surface area contributed by atoms with Crippen LogP contribution in [0.2, 0.25) is 0 Å². The van der Waals surface area contributed by atoms with E-state index in [0.29, 0.717) is 19.3 Å². The van der Waals surface area contributed by atoms with Crippen LogP contribution in [-0.2, 0) is 6.42 Å². The zero-order valence-corrected chi connectivity index (χ0v) is 14.5. The van der Waals surface area contributed by atoms with E-state index in [0.717, 1.165) is 23.7 Å². The predicted molar refractivity (Wildman–Crippen MR) is 95.1 cm³/mol. The topological polar surface area (TPSA) is 53.7 Å². The monoisotopic (exact) mass is 327 g/mol. The van der Waals surface area contributed by atoms with Crippen LogP contribution in [0.4, 0.5) is 0 Å². The minimum atomic E-state index is 0.194. The van der Waals surface area contributed by atoms with E-state index in [-0.39, 0.29) is 5.92 Å². The maximum Gasteiger partial charge on any atom is 0.231 e. The van der Waals surface area contributed by atoms with Crippen molar-refractivity contribution in [2.24, 2.45) is 5.73 Å². The van der Waals surface area contributed by atoms with Gasteiger partial charge in [-0.1, -0.05) is 32.0 Å². The molecule has 0 bridgehead atoms. The first-order chi connectivity index (χ1) is 11.6. The van der Waals surface area contributed by atoms with E-state index in [1.807, 2.05) is 18.2 Å². The van der Waals surface area contributed by atoms with Crippen LogP contribution in [0.3, 0.4) is 0 Å². The molecule has 128 valence electrons. The summed E-state index contributed by atoms with van der Waals surface area (Å²) in [7, 11) is 1.71. The molecule has 1 atom stereocenters. The lowest BCUT2D eigenvalue weighted by Gasteiger charge is -2.20. The number of fused-ring (bicyclic) bond motifs is 1. The summed E-state index contributed by atoms with van der Waals surface area (Å²) < 4.78 is 16.4. The SMILES string of the molecule is COc1ccc(C(C)C)cc1C(CN)Cc1ccc2c(c1)OCO2. The Morgan fingerprint density at radius 1 is 1.08 bits per heavy atom. The summed E-state index contributed by atoms with van der Waals surface area (Å²) in [6.07, 6.45) is 0.838. The number of nitrogens with two attached hydrogens (primary N) is 1. The van der Waals surface area contributed by atoms with Crippen LogP contribution in [0.1, 0.15) is 42.4 Å². The van der Waals surface area contributed by atoms with E-state index in [1.165, 1.54) is 16.7 Å². The Hall–Kier alpha value is -2.20. The second-order valence-corrected chi connectivity index (χ2v) is 6.48. The molecule has 3 rings (SSSR count). The summed E-state index contributed by atoms with van der Waals surface area (Å²) in [4.78, 5) is 0. The van der Waals surface area contributed by atoms with Gasteiger partial charge in [-0.3, -0.25) is 0 Å². The van der Waals surface area contributed by atoms with Crippen molar-refractivity contribution >= 4 is 0 Å². The normalized spacial score (nSPS) is 14.0. The number of hydrogen-bond acceptors (Lipinski definition) is 4. The molecule has 0 fully saturated rings. The zero-order valence-electron chi connectivity index (χ0n) is 14.5. The molecule has 1 unspecified atom stereocenters. The largest absolute Gasteiger partial charge is 0.496 e. The lowest BCUT2D eigenvalue weighted by molar-refractivity contribution is 0.174. The van der Waals surface area contributed by atoms with Gasteiger partial charge in [0.1, 0.15) is 5.75 Å². The number of hydrogen-bond donors (Lipinski definition) is 1. The summed E-state index contributed by atoms with van der Waals surface area (Å²) in [5.74, 6) is 3.18. The Balaban J connectivity index is 1.89. The van der Waals surface area contributed by atoms with Crippen LogP contribution in [0.15, 0.2) is 36.4 Å². The zero-order chi connectivity index (χ0) is 17.1. The van der Waals surface area contributed by atoms with Gasteiger partial charge in [-0.25, -0.2) is 0 Å². The highest BCUT2D eigenvalue weighted by Gasteiger charge is 2.19. The van der Waals surface area contributed by atoms with Crippen molar-refractivity contribution in [3.63, 3.8) is 0 Å². The minimum Gasteiger partial charge on any atom is -0.496 e. The summed E-state index contributed by atoms with van der Waals surface area (Å²) >= 11 is 0. The third kappa shape index (κ3) is 3.34. The number of rotatable bonds is 6. The van der Waals surface area contributed by atoms with Gasteiger partial charge < -0.3 is 19.9 Å². The molecule has 0 amide bonds. The molecule has 4 nitrogen and oxygen atoms in total. The van der Waals surface area contributed by atoms with Crippen molar-refractivity contribution in [1.29, 1.82) is 0 Å². The fourth-order valence-corrected chi connectivity index (χ4v) is 3.10. The van der Waals surface area contributed by atoms with Crippen molar-refractivity contribution in [1.82, 2.24) is 0 Å². The quantitative estimate of drug-likeness (QED) is 0.876. The standard InChI is InChI=1S/C20H25NO3/c1-13(2)15-5-7-18(22-3)17(10-15)16(11-21)8-14-4-6-19-20(9-14)24-12-23-19/h4-7,9-10,13,16H,8,11-12,21H2,1-3H3. The van der Waals surface area contributed by atoms with E-state index < -0.39 is 0 Å². The summed E-state index contributed by atoms with van der Waals surface area (Å²) in [5, 5.41) is 0. The van der Waals surface area contributed by atoms with Crippen LogP contribution >= 0.6 is 0 Å². The lowest BCUT2D eigenvalue weighted by atomic mass is 9.88. The number of ether oxygens (including phenoxy) is 3. The molecule has 2 aromatic carbocycles. The summed E-state index contributed by atoms with van der Waals surface area (Å²) in [5.41, 5.74) is 9.76. The van der Waals surface area contributed by atoms with Crippen LogP contribution in [0.5, 0.6) is 17.2 Å². The van der Waals surface area contributed by atoms with Crippen LogP contribution in [0.25, 0.3) is 0 Å². The van der Waals surface area contributed by atoms with E-state index in [9.17, 15) is 0 Å². The second kappa shape index (κ2) is 7.14. The molecule has 0 saturated carbocycles. The average Bonchev–Trinajstić information content (AvgIpc) is 3.06. The molecular weight excluding hydrogens is 302 g/mol. The highest BCUT2D eigenvalue weighted by atomic mass is 16.7. The van der Waals surface area contributed by atoms with Crippen molar-refractivity contribution in [2.75, 3.05) is 20.4 Å². The molecule has 1 aliphatic rings. The minimum absolute atomic E-state index is 0.194. The van der Waals surface area contributed by atoms with Crippen LogP contribution in [-0.4, -0.2) is 20.4 Å². The molecule has 4 heteroatoms. The lowest BCUT2D eigenvalue weighted by Crippen LogP contribution is -2.16. The van der Waals surface area contributed by atoms with E-state index in [1.54, 1.807) is 7.11 Å². The van der Waals surface area contributed by atoms with Crippen molar-refractivity contribution in [3.8, 4) is 17.2 Å². The average molecular weight is 327 g/mol. The maximum atomic E-state index is 6.10. The third-order valence-electron chi connectivity index (χ3n) is 4.56. The summed E-state index contributed by atoms with van der Waals surface area (Å²) in [6, 6.07) is 12.5. The molecule has 0 saturated heterocycles. The van der Waals surface area contributed by atoms with E-state index in [2.05, 4.69) is 32.0 Å². The Labute approximate surface area is 143 Å². The first-order valence-electron chi connectivity index (χ1n) is 8.38. The van der Waals surface area contributed by atoms with Gasteiger partial charge >= 0.3 is 0 Å². The van der Waals surface area contributed by atoms with Crippen molar-refractivity contribution < 1.29 is 14.2 Å². The van der Waals surface area contributed by atoms with Crippen molar-refractivity contribution in [2.45, 2.75) is 32.1 Å². The van der Waals surface area contributed by atoms with E-state index >= 15 is 0 Å². The molecule has 0 aliphatic carbocycles.